The number of hydrogen-bond acceptors (Lipinski definition) is 5. The first-order valence-corrected chi connectivity index (χ1v) is 5.77. The molecule has 0 amide bonds. The Morgan fingerprint density at radius 2 is 2.27 bits per heavy atom. The lowest BCUT2D eigenvalue weighted by Gasteiger charge is -2.04. The minimum absolute atomic E-state index is 0.311. The van der Waals surface area contributed by atoms with Crippen molar-refractivity contribution in [2.75, 3.05) is 11.9 Å². The van der Waals surface area contributed by atoms with E-state index in [0.29, 0.717) is 18.3 Å². The molecule has 0 aliphatic heterocycles. The van der Waals surface area contributed by atoms with E-state index < -0.39 is 0 Å². The summed E-state index contributed by atoms with van der Waals surface area (Å²) >= 11 is 1.47. The van der Waals surface area contributed by atoms with Crippen molar-refractivity contribution in [1.29, 1.82) is 0 Å². The van der Waals surface area contributed by atoms with Crippen LogP contribution in [0.5, 0.6) is 0 Å². The molecule has 0 saturated heterocycles. The summed E-state index contributed by atoms with van der Waals surface area (Å²) in [4.78, 5) is 16.5. The van der Waals surface area contributed by atoms with Gasteiger partial charge in [-0.15, -0.1) is 11.3 Å². The number of rotatable bonds is 4. The molecule has 84 valence electrons. The van der Waals surface area contributed by atoms with E-state index in [2.05, 4.69) is 10.3 Å². The fraction of sp³-hybridized carbons (Fsp3) is 0.600. The monoisotopic (exact) mass is 228 g/mol. The standard InChI is InChI=1S/C10H16N2O2S/c1-5-14-9(13)8-7(4)15-10(12-8)11-6(2)3/h6H,5H2,1-4H3,(H,11,12). The smallest absolute Gasteiger partial charge is 0.358 e. The molecule has 1 rings (SSSR count). The van der Waals surface area contributed by atoms with Crippen molar-refractivity contribution in [2.24, 2.45) is 0 Å². The number of thiazole rings is 1. The molecule has 1 aromatic heterocycles. The molecule has 0 atom stereocenters. The lowest BCUT2D eigenvalue weighted by atomic mass is 10.4. The average molecular weight is 228 g/mol. The number of nitrogens with zero attached hydrogens (tertiary/aromatic N) is 1. The zero-order chi connectivity index (χ0) is 11.4. The SMILES string of the molecule is CCOC(=O)c1nc(NC(C)C)sc1C. The molecular formula is C10H16N2O2S. The second kappa shape index (κ2) is 5.11. The van der Waals surface area contributed by atoms with Gasteiger partial charge in [0.15, 0.2) is 10.8 Å². The van der Waals surface area contributed by atoms with Crippen LogP contribution in [0.4, 0.5) is 5.13 Å². The summed E-state index contributed by atoms with van der Waals surface area (Å²) in [5.41, 5.74) is 0.421. The number of carbonyl (C=O) groups excluding carboxylic acids is 1. The first-order chi connectivity index (χ1) is 7.04. The van der Waals surface area contributed by atoms with E-state index in [1.807, 2.05) is 20.8 Å². The Morgan fingerprint density at radius 3 is 2.80 bits per heavy atom. The molecule has 0 saturated carbocycles. The lowest BCUT2D eigenvalue weighted by Crippen LogP contribution is -2.10. The summed E-state index contributed by atoms with van der Waals surface area (Å²) in [5.74, 6) is -0.344. The zero-order valence-corrected chi connectivity index (χ0v) is 10.3. The Kier molecular flexibility index (Phi) is 4.08. The van der Waals surface area contributed by atoms with Crippen LogP contribution in [-0.2, 0) is 4.74 Å². The first-order valence-electron chi connectivity index (χ1n) is 4.95. The minimum Gasteiger partial charge on any atom is -0.461 e. The van der Waals surface area contributed by atoms with Crippen LogP contribution in [0.25, 0.3) is 0 Å². The highest BCUT2D eigenvalue weighted by Crippen LogP contribution is 2.23. The molecule has 0 bridgehead atoms. The van der Waals surface area contributed by atoms with E-state index in [0.717, 1.165) is 10.0 Å². The number of aryl methyl sites for hydroxylation is 1. The van der Waals surface area contributed by atoms with Gasteiger partial charge in [0.05, 0.1) is 6.61 Å². The zero-order valence-electron chi connectivity index (χ0n) is 9.46. The fourth-order valence-corrected chi connectivity index (χ4v) is 2.04. The van der Waals surface area contributed by atoms with Gasteiger partial charge >= 0.3 is 5.97 Å². The Labute approximate surface area is 93.7 Å². The molecule has 0 aromatic carbocycles. The quantitative estimate of drug-likeness (QED) is 0.804. The van der Waals surface area contributed by atoms with Crippen LogP contribution < -0.4 is 5.32 Å². The molecule has 1 heterocycles. The summed E-state index contributed by atoms with van der Waals surface area (Å²) in [6, 6.07) is 0.311. The number of nitrogens with one attached hydrogen (secondary N) is 1. The number of esters is 1. The number of carbonyl (C=O) groups is 1. The van der Waals surface area contributed by atoms with Crippen molar-refractivity contribution in [3.05, 3.63) is 10.6 Å². The first kappa shape index (κ1) is 12.0. The van der Waals surface area contributed by atoms with Gasteiger partial charge in [0.1, 0.15) is 0 Å². The van der Waals surface area contributed by atoms with Crippen LogP contribution in [0, 0.1) is 6.92 Å². The largest absolute Gasteiger partial charge is 0.461 e. The number of ether oxygens (including phenoxy) is 1. The average Bonchev–Trinajstić information content (AvgIpc) is 2.46. The van der Waals surface area contributed by atoms with Crippen LogP contribution in [0.2, 0.25) is 0 Å². The van der Waals surface area contributed by atoms with E-state index in [1.165, 1.54) is 11.3 Å². The Bertz CT molecular complexity index is 347. The molecule has 5 heteroatoms. The van der Waals surface area contributed by atoms with Gasteiger partial charge in [0, 0.05) is 10.9 Å². The van der Waals surface area contributed by atoms with E-state index in [1.54, 1.807) is 6.92 Å². The third-order valence-electron chi connectivity index (χ3n) is 1.68. The Morgan fingerprint density at radius 1 is 1.60 bits per heavy atom. The van der Waals surface area contributed by atoms with Crippen molar-refractivity contribution in [3.63, 3.8) is 0 Å². The number of anilines is 1. The molecule has 0 fully saturated rings. The molecular weight excluding hydrogens is 212 g/mol. The molecule has 0 aliphatic carbocycles. The third-order valence-corrected chi connectivity index (χ3v) is 2.58. The molecule has 1 N–H and O–H groups in total. The van der Waals surface area contributed by atoms with Crippen LogP contribution in [0.15, 0.2) is 0 Å². The van der Waals surface area contributed by atoms with Crippen LogP contribution in [-0.4, -0.2) is 23.6 Å². The topological polar surface area (TPSA) is 51.2 Å². The van der Waals surface area contributed by atoms with Gasteiger partial charge < -0.3 is 10.1 Å². The van der Waals surface area contributed by atoms with E-state index >= 15 is 0 Å². The molecule has 1 aromatic rings. The highest BCUT2D eigenvalue weighted by molar-refractivity contribution is 7.15. The highest BCUT2D eigenvalue weighted by Gasteiger charge is 2.16. The van der Waals surface area contributed by atoms with Crippen LogP contribution >= 0.6 is 11.3 Å². The van der Waals surface area contributed by atoms with Gasteiger partial charge in [-0.3, -0.25) is 0 Å². The molecule has 4 nitrogen and oxygen atoms in total. The van der Waals surface area contributed by atoms with Crippen LogP contribution in [0.3, 0.4) is 0 Å². The van der Waals surface area contributed by atoms with Crippen LogP contribution in [0.1, 0.15) is 36.1 Å². The summed E-state index contributed by atoms with van der Waals surface area (Å²) in [7, 11) is 0. The maximum atomic E-state index is 11.5. The van der Waals surface area contributed by atoms with E-state index in [-0.39, 0.29) is 5.97 Å². The fourth-order valence-electron chi connectivity index (χ4n) is 1.09. The normalized spacial score (nSPS) is 10.5. The summed E-state index contributed by atoms with van der Waals surface area (Å²) < 4.78 is 4.90. The predicted molar refractivity (Wildman–Crippen MR) is 61.6 cm³/mol. The van der Waals surface area contributed by atoms with Crippen molar-refractivity contribution < 1.29 is 9.53 Å². The van der Waals surface area contributed by atoms with Crippen molar-refractivity contribution in [3.8, 4) is 0 Å². The second-order valence-corrected chi connectivity index (χ2v) is 4.65. The van der Waals surface area contributed by atoms with Gasteiger partial charge in [-0.05, 0) is 27.7 Å². The predicted octanol–water partition coefficient (Wildman–Crippen LogP) is 2.45. The maximum absolute atomic E-state index is 11.5. The molecule has 0 aliphatic rings. The molecule has 0 unspecified atom stereocenters. The molecule has 15 heavy (non-hydrogen) atoms. The van der Waals surface area contributed by atoms with E-state index in [9.17, 15) is 4.79 Å². The summed E-state index contributed by atoms with van der Waals surface area (Å²) in [6.45, 7) is 8.09. The summed E-state index contributed by atoms with van der Waals surface area (Å²) in [6.07, 6.45) is 0. The molecule has 0 spiro atoms. The van der Waals surface area contributed by atoms with Gasteiger partial charge in [0.2, 0.25) is 0 Å². The number of aromatic nitrogens is 1. The Balaban J connectivity index is 2.81. The maximum Gasteiger partial charge on any atom is 0.358 e. The van der Waals surface area contributed by atoms with Crippen molar-refractivity contribution in [1.82, 2.24) is 4.98 Å². The van der Waals surface area contributed by atoms with E-state index in [4.69, 9.17) is 4.74 Å². The van der Waals surface area contributed by atoms with Gasteiger partial charge in [0.25, 0.3) is 0 Å². The lowest BCUT2D eigenvalue weighted by molar-refractivity contribution is 0.0519. The highest BCUT2D eigenvalue weighted by atomic mass is 32.1. The van der Waals surface area contributed by atoms with Crippen molar-refractivity contribution >= 4 is 22.4 Å². The summed E-state index contributed by atoms with van der Waals surface area (Å²) in [5, 5.41) is 3.93. The van der Waals surface area contributed by atoms with Crippen molar-refractivity contribution in [2.45, 2.75) is 33.7 Å². The van der Waals surface area contributed by atoms with Gasteiger partial charge in [-0.1, -0.05) is 0 Å². The van der Waals surface area contributed by atoms with Gasteiger partial charge in [-0.25, -0.2) is 9.78 Å². The minimum atomic E-state index is -0.344. The van der Waals surface area contributed by atoms with Gasteiger partial charge in [-0.2, -0.15) is 0 Å². The molecule has 0 radical (unpaired) electrons. The number of hydrogen-bond donors (Lipinski definition) is 1. The second-order valence-electron chi connectivity index (χ2n) is 3.44. The Hall–Kier alpha value is -1.10. The third kappa shape index (κ3) is 3.20.